The fourth-order valence-corrected chi connectivity index (χ4v) is 3.52. The molecule has 0 saturated heterocycles. The molecule has 5 heteroatoms. The van der Waals surface area contributed by atoms with E-state index in [0.29, 0.717) is 22.8 Å². The van der Waals surface area contributed by atoms with Gasteiger partial charge in [0.05, 0.1) is 16.7 Å². The van der Waals surface area contributed by atoms with Crippen LogP contribution in [0.4, 0.5) is 0 Å². The van der Waals surface area contributed by atoms with E-state index in [9.17, 15) is 10.1 Å². The number of nitrogens with one attached hydrogen (secondary N) is 1. The van der Waals surface area contributed by atoms with Gasteiger partial charge in [0.2, 0.25) is 5.91 Å². The number of nitrogens with zero attached hydrogens (tertiary/aromatic N) is 1. The molecule has 1 aromatic rings. The lowest BCUT2D eigenvalue weighted by Crippen LogP contribution is -2.30. The molecule has 1 amide bonds. The molecule has 2 heterocycles. The standard InChI is InChI=1S/C14H14N2OS2/c1-9(2)7-19-14-12(6-15)11(5-13(17)16-14)10-3-4-18-8-10/h3-4,8,11H,1,5,7H2,2H3,(H,16,17)/t11-/m0/s1. The van der Waals surface area contributed by atoms with Crippen molar-refractivity contribution in [3.05, 3.63) is 45.1 Å². The van der Waals surface area contributed by atoms with Crippen LogP contribution in [0, 0.1) is 11.3 Å². The maximum absolute atomic E-state index is 11.8. The highest BCUT2D eigenvalue weighted by Gasteiger charge is 2.29. The van der Waals surface area contributed by atoms with Crippen molar-refractivity contribution in [2.24, 2.45) is 0 Å². The Bertz CT molecular complexity index is 567. The van der Waals surface area contributed by atoms with Crippen molar-refractivity contribution in [1.29, 1.82) is 5.26 Å². The molecule has 0 aromatic carbocycles. The third-order valence-corrected chi connectivity index (χ3v) is 4.71. The van der Waals surface area contributed by atoms with E-state index in [2.05, 4.69) is 18.0 Å². The molecule has 0 bridgehead atoms. The van der Waals surface area contributed by atoms with Crippen LogP contribution in [0.2, 0.25) is 0 Å². The fraction of sp³-hybridized carbons (Fsp3) is 0.286. The minimum atomic E-state index is -0.113. The molecule has 3 nitrogen and oxygen atoms in total. The molecular formula is C14H14N2OS2. The normalized spacial score (nSPS) is 18.9. The smallest absolute Gasteiger partial charge is 0.225 e. The van der Waals surface area contributed by atoms with Gasteiger partial charge in [0.1, 0.15) is 0 Å². The first kappa shape index (κ1) is 13.9. The topological polar surface area (TPSA) is 52.9 Å². The average Bonchev–Trinajstić information content (AvgIpc) is 2.89. The second-order valence-corrected chi connectivity index (χ2v) is 6.23. The van der Waals surface area contributed by atoms with Gasteiger partial charge < -0.3 is 5.32 Å². The highest BCUT2D eigenvalue weighted by Crippen LogP contribution is 2.36. The number of thioether (sulfide) groups is 1. The van der Waals surface area contributed by atoms with Gasteiger partial charge in [0.25, 0.3) is 0 Å². The average molecular weight is 290 g/mol. The summed E-state index contributed by atoms with van der Waals surface area (Å²) in [5, 5.41) is 16.8. The van der Waals surface area contributed by atoms with Crippen molar-refractivity contribution >= 4 is 29.0 Å². The molecule has 0 saturated carbocycles. The van der Waals surface area contributed by atoms with Crippen LogP contribution < -0.4 is 5.32 Å². The lowest BCUT2D eigenvalue weighted by atomic mass is 9.89. The quantitative estimate of drug-likeness (QED) is 0.865. The summed E-state index contributed by atoms with van der Waals surface area (Å²) in [6.07, 6.45) is 0.344. The number of carbonyl (C=O) groups excluding carboxylic acids is 1. The second-order valence-electron chi connectivity index (χ2n) is 4.46. The number of thiophene rings is 1. The number of hydrogen-bond acceptors (Lipinski definition) is 4. The molecule has 1 N–H and O–H groups in total. The minimum absolute atomic E-state index is 0.0283. The molecule has 0 unspecified atom stereocenters. The van der Waals surface area contributed by atoms with E-state index in [1.165, 1.54) is 11.8 Å². The van der Waals surface area contributed by atoms with Crippen LogP contribution in [-0.4, -0.2) is 11.7 Å². The maximum Gasteiger partial charge on any atom is 0.225 e. The first-order valence-corrected chi connectivity index (χ1v) is 7.78. The van der Waals surface area contributed by atoms with E-state index in [1.54, 1.807) is 11.3 Å². The zero-order chi connectivity index (χ0) is 13.8. The molecule has 0 fully saturated rings. The van der Waals surface area contributed by atoms with Gasteiger partial charge in [-0.15, -0.1) is 11.8 Å². The highest BCUT2D eigenvalue weighted by atomic mass is 32.2. The van der Waals surface area contributed by atoms with Crippen LogP contribution in [0.3, 0.4) is 0 Å². The van der Waals surface area contributed by atoms with Crippen LogP contribution in [0.1, 0.15) is 24.8 Å². The van der Waals surface area contributed by atoms with Gasteiger partial charge in [0.15, 0.2) is 0 Å². The van der Waals surface area contributed by atoms with E-state index < -0.39 is 0 Å². The molecule has 98 valence electrons. The number of amides is 1. The molecule has 1 aromatic heterocycles. The molecular weight excluding hydrogens is 276 g/mol. The first-order chi connectivity index (χ1) is 9.11. The van der Waals surface area contributed by atoms with Gasteiger partial charge in [-0.3, -0.25) is 4.79 Å². The molecule has 0 radical (unpaired) electrons. The number of hydrogen-bond donors (Lipinski definition) is 1. The number of rotatable bonds is 4. The summed E-state index contributed by atoms with van der Waals surface area (Å²) >= 11 is 3.05. The highest BCUT2D eigenvalue weighted by molar-refractivity contribution is 8.03. The Morgan fingerprint density at radius 2 is 2.53 bits per heavy atom. The van der Waals surface area contributed by atoms with E-state index in [-0.39, 0.29) is 11.8 Å². The summed E-state index contributed by atoms with van der Waals surface area (Å²) in [6, 6.07) is 4.23. The second kappa shape index (κ2) is 6.09. The van der Waals surface area contributed by atoms with Crippen molar-refractivity contribution in [3.8, 4) is 6.07 Å². The maximum atomic E-state index is 11.8. The zero-order valence-electron chi connectivity index (χ0n) is 10.6. The summed E-state index contributed by atoms with van der Waals surface area (Å²) in [6.45, 7) is 5.77. The van der Waals surface area contributed by atoms with E-state index in [4.69, 9.17) is 0 Å². The Labute approximate surface area is 121 Å². The zero-order valence-corrected chi connectivity index (χ0v) is 12.2. The Balaban J connectivity index is 2.33. The number of carbonyl (C=O) groups is 1. The van der Waals surface area contributed by atoms with Gasteiger partial charge in [-0.05, 0) is 29.3 Å². The third kappa shape index (κ3) is 3.28. The van der Waals surface area contributed by atoms with Crippen LogP contribution in [0.5, 0.6) is 0 Å². The van der Waals surface area contributed by atoms with Gasteiger partial charge >= 0.3 is 0 Å². The lowest BCUT2D eigenvalue weighted by Gasteiger charge is -2.24. The minimum Gasteiger partial charge on any atom is -0.320 e. The summed E-state index contributed by atoms with van der Waals surface area (Å²) in [4.78, 5) is 11.8. The van der Waals surface area contributed by atoms with Gasteiger partial charge in [-0.2, -0.15) is 16.6 Å². The fourth-order valence-electron chi connectivity index (χ4n) is 1.89. The van der Waals surface area contributed by atoms with Crippen molar-refractivity contribution in [2.45, 2.75) is 19.3 Å². The SMILES string of the molecule is C=C(C)CSC1=C(C#N)[C@H](c2ccsc2)CC(=O)N1. The van der Waals surface area contributed by atoms with Gasteiger partial charge in [-0.1, -0.05) is 12.2 Å². The first-order valence-electron chi connectivity index (χ1n) is 5.85. The summed E-state index contributed by atoms with van der Waals surface area (Å²) in [5.41, 5.74) is 2.72. The number of allylic oxidation sites excluding steroid dienone is 1. The van der Waals surface area contributed by atoms with E-state index in [1.807, 2.05) is 23.8 Å². The Morgan fingerprint density at radius 1 is 1.74 bits per heavy atom. The molecule has 0 spiro atoms. The largest absolute Gasteiger partial charge is 0.320 e. The van der Waals surface area contributed by atoms with Crippen LogP contribution in [-0.2, 0) is 4.79 Å². The van der Waals surface area contributed by atoms with Crippen LogP contribution in [0.25, 0.3) is 0 Å². The van der Waals surface area contributed by atoms with E-state index >= 15 is 0 Å². The van der Waals surface area contributed by atoms with Crippen LogP contribution in [0.15, 0.2) is 39.6 Å². The summed E-state index contributed by atoms with van der Waals surface area (Å²) in [5.74, 6) is 0.564. The summed E-state index contributed by atoms with van der Waals surface area (Å²) in [7, 11) is 0. The molecule has 19 heavy (non-hydrogen) atoms. The predicted octanol–water partition coefficient (Wildman–Crippen LogP) is 3.40. The van der Waals surface area contributed by atoms with Gasteiger partial charge in [-0.25, -0.2) is 0 Å². The molecule has 1 aliphatic heterocycles. The summed E-state index contributed by atoms with van der Waals surface area (Å²) < 4.78 is 0. The van der Waals surface area contributed by atoms with Crippen molar-refractivity contribution in [1.82, 2.24) is 5.32 Å². The monoisotopic (exact) mass is 290 g/mol. The lowest BCUT2D eigenvalue weighted by molar-refractivity contribution is -0.120. The predicted molar refractivity (Wildman–Crippen MR) is 79.7 cm³/mol. The Kier molecular flexibility index (Phi) is 4.46. The molecule has 0 aliphatic carbocycles. The van der Waals surface area contributed by atoms with Crippen molar-refractivity contribution in [3.63, 3.8) is 0 Å². The Hall–Kier alpha value is -1.51. The number of nitriles is 1. The Morgan fingerprint density at radius 3 is 3.11 bits per heavy atom. The third-order valence-electron chi connectivity index (χ3n) is 2.76. The van der Waals surface area contributed by atoms with Crippen LogP contribution >= 0.6 is 23.1 Å². The molecule has 2 rings (SSSR count). The van der Waals surface area contributed by atoms with Gasteiger partial charge in [0, 0.05) is 18.1 Å². The van der Waals surface area contributed by atoms with Crippen molar-refractivity contribution < 1.29 is 4.79 Å². The van der Waals surface area contributed by atoms with Crippen molar-refractivity contribution in [2.75, 3.05) is 5.75 Å². The molecule has 1 aliphatic rings. The van der Waals surface area contributed by atoms with E-state index in [0.717, 1.165) is 11.1 Å². The molecule has 1 atom stereocenters.